The van der Waals surface area contributed by atoms with Crippen molar-refractivity contribution in [2.75, 3.05) is 20.7 Å². The highest BCUT2D eigenvalue weighted by Crippen LogP contribution is 2.06. The molecule has 1 rings (SSSR count). The van der Waals surface area contributed by atoms with Crippen LogP contribution in [0, 0.1) is 5.92 Å². The Hall–Kier alpha value is -1.91. The SMILES string of the molecule is COC(=O)C(C)CN(C)C(=O)c1ccncc1. The molecule has 1 amide bonds. The van der Waals surface area contributed by atoms with E-state index in [1.54, 1.807) is 38.5 Å². The zero-order valence-electron chi connectivity index (χ0n) is 10.2. The molecular formula is C12H16N2O3. The molecule has 0 fully saturated rings. The van der Waals surface area contributed by atoms with Gasteiger partial charge in [-0.2, -0.15) is 0 Å². The zero-order chi connectivity index (χ0) is 12.8. The van der Waals surface area contributed by atoms with Gasteiger partial charge in [-0.25, -0.2) is 0 Å². The Balaban J connectivity index is 2.62. The summed E-state index contributed by atoms with van der Waals surface area (Å²) in [7, 11) is 2.99. The lowest BCUT2D eigenvalue weighted by Crippen LogP contribution is -2.34. The van der Waals surface area contributed by atoms with Gasteiger partial charge in [-0.05, 0) is 12.1 Å². The van der Waals surface area contributed by atoms with Gasteiger partial charge in [0.2, 0.25) is 0 Å². The largest absolute Gasteiger partial charge is 0.469 e. The highest BCUT2D eigenvalue weighted by molar-refractivity contribution is 5.94. The maximum absolute atomic E-state index is 11.9. The number of amides is 1. The van der Waals surface area contributed by atoms with E-state index in [0.717, 1.165) is 0 Å². The molecule has 0 radical (unpaired) electrons. The van der Waals surface area contributed by atoms with E-state index in [-0.39, 0.29) is 17.8 Å². The van der Waals surface area contributed by atoms with Gasteiger partial charge in [0.1, 0.15) is 0 Å². The molecule has 0 saturated carbocycles. The van der Waals surface area contributed by atoms with Gasteiger partial charge in [0, 0.05) is 31.5 Å². The number of esters is 1. The first-order chi connectivity index (χ1) is 8.06. The monoisotopic (exact) mass is 236 g/mol. The first kappa shape index (κ1) is 13.2. The summed E-state index contributed by atoms with van der Waals surface area (Å²) in [6, 6.07) is 3.28. The summed E-state index contributed by atoms with van der Waals surface area (Å²) in [6.45, 7) is 2.05. The predicted molar refractivity (Wildman–Crippen MR) is 62.4 cm³/mol. The van der Waals surface area contributed by atoms with E-state index in [1.807, 2.05) is 0 Å². The second kappa shape index (κ2) is 5.98. The Labute approximate surface area is 100 Å². The molecule has 0 aromatic carbocycles. The van der Waals surface area contributed by atoms with Crippen LogP contribution >= 0.6 is 0 Å². The highest BCUT2D eigenvalue weighted by Gasteiger charge is 2.19. The molecule has 5 heteroatoms. The summed E-state index contributed by atoms with van der Waals surface area (Å²) < 4.78 is 4.61. The lowest BCUT2D eigenvalue weighted by Gasteiger charge is -2.20. The normalized spacial score (nSPS) is 11.7. The van der Waals surface area contributed by atoms with E-state index < -0.39 is 0 Å². The number of methoxy groups -OCH3 is 1. The number of hydrogen-bond donors (Lipinski definition) is 0. The molecule has 0 aliphatic rings. The molecule has 1 aromatic heterocycles. The van der Waals surface area contributed by atoms with E-state index in [1.165, 1.54) is 12.0 Å². The summed E-state index contributed by atoms with van der Waals surface area (Å²) in [5.41, 5.74) is 0.555. The maximum atomic E-state index is 11.9. The molecule has 1 unspecified atom stereocenters. The molecule has 1 atom stereocenters. The summed E-state index contributed by atoms with van der Waals surface area (Å²) in [4.78, 5) is 28.5. The van der Waals surface area contributed by atoms with Crippen LogP contribution in [-0.4, -0.2) is 42.5 Å². The number of carbonyl (C=O) groups is 2. The van der Waals surface area contributed by atoms with Gasteiger partial charge in [0.15, 0.2) is 0 Å². The molecule has 0 aliphatic heterocycles. The van der Waals surface area contributed by atoms with E-state index in [0.29, 0.717) is 12.1 Å². The van der Waals surface area contributed by atoms with Crippen molar-refractivity contribution < 1.29 is 14.3 Å². The number of ether oxygens (including phenoxy) is 1. The van der Waals surface area contributed by atoms with Gasteiger partial charge in [0.05, 0.1) is 13.0 Å². The second-order valence-electron chi connectivity index (χ2n) is 3.85. The first-order valence-electron chi connectivity index (χ1n) is 5.29. The predicted octanol–water partition coefficient (Wildman–Crippen LogP) is 0.963. The number of hydrogen-bond acceptors (Lipinski definition) is 4. The van der Waals surface area contributed by atoms with Gasteiger partial charge < -0.3 is 9.64 Å². The van der Waals surface area contributed by atoms with Crippen LogP contribution in [0.4, 0.5) is 0 Å². The molecule has 0 spiro atoms. The van der Waals surface area contributed by atoms with Gasteiger partial charge in [-0.3, -0.25) is 14.6 Å². The number of pyridine rings is 1. The molecular weight excluding hydrogens is 220 g/mol. The molecule has 0 N–H and O–H groups in total. The van der Waals surface area contributed by atoms with Crippen molar-refractivity contribution in [3.8, 4) is 0 Å². The molecule has 0 aliphatic carbocycles. The third-order valence-electron chi connectivity index (χ3n) is 2.43. The summed E-state index contributed by atoms with van der Waals surface area (Å²) in [5, 5.41) is 0. The average Bonchev–Trinajstić information content (AvgIpc) is 2.37. The van der Waals surface area contributed by atoms with Crippen LogP contribution in [0.25, 0.3) is 0 Å². The quantitative estimate of drug-likeness (QED) is 0.731. The van der Waals surface area contributed by atoms with Crippen LogP contribution in [0.5, 0.6) is 0 Å². The molecule has 1 aromatic rings. The van der Waals surface area contributed by atoms with Crippen LogP contribution < -0.4 is 0 Å². The van der Waals surface area contributed by atoms with Crippen molar-refractivity contribution in [3.05, 3.63) is 30.1 Å². The Morgan fingerprint density at radius 1 is 1.41 bits per heavy atom. The molecule has 92 valence electrons. The first-order valence-corrected chi connectivity index (χ1v) is 5.29. The van der Waals surface area contributed by atoms with Gasteiger partial charge in [0.25, 0.3) is 5.91 Å². The zero-order valence-corrected chi connectivity index (χ0v) is 10.2. The minimum atomic E-state index is -0.337. The standard InChI is InChI=1S/C12H16N2O3/c1-9(12(16)17-3)8-14(2)11(15)10-4-6-13-7-5-10/h4-7,9H,8H2,1-3H3. The van der Waals surface area contributed by atoms with Gasteiger partial charge in [-0.1, -0.05) is 6.92 Å². The Bertz CT molecular complexity index is 392. The molecule has 0 bridgehead atoms. The number of carbonyl (C=O) groups excluding carboxylic acids is 2. The minimum Gasteiger partial charge on any atom is -0.469 e. The van der Waals surface area contributed by atoms with Crippen molar-refractivity contribution in [2.24, 2.45) is 5.92 Å². The number of rotatable bonds is 4. The van der Waals surface area contributed by atoms with Gasteiger partial charge in [-0.15, -0.1) is 0 Å². The van der Waals surface area contributed by atoms with Crippen molar-refractivity contribution in [3.63, 3.8) is 0 Å². The van der Waals surface area contributed by atoms with Crippen LogP contribution in [0.3, 0.4) is 0 Å². The second-order valence-corrected chi connectivity index (χ2v) is 3.85. The third kappa shape index (κ3) is 3.55. The Kier molecular flexibility index (Phi) is 4.63. The van der Waals surface area contributed by atoms with Crippen molar-refractivity contribution in [1.82, 2.24) is 9.88 Å². The van der Waals surface area contributed by atoms with Gasteiger partial charge >= 0.3 is 5.97 Å². The molecule has 0 saturated heterocycles. The lowest BCUT2D eigenvalue weighted by molar-refractivity contribution is -0.145. The highest BCUT2D eigenvalue weighted by atomic mass is 16.5. The van der Waals surface area contributed by atoms with Crippen LogP contribution in [-0.2, 0) is 9.53 Å². The fraction of sp³-hybridized carbons (Fsp3) is 0.417. The molecule has 17 heavy (non-hydrogen) atoms. The Morgan fingerprint density at radius 3 is 2.53 bits per heavy atom. The van der Waals surface area contributed by atoms with Crippen molar-refractivity contribution in [2.45, 2.75) is 6.92 Å². The topological polar surface area (TPSA) is 59.5 Å². The van der Waals surface area contributed by atoms with E-state index in [9.17, 15) is 9.59 Å². The summed E-state index contributed by atoms with van der Waals surface area (Å²) in [5.74, 6) is -0.793. The molecule has 1 heterocycles. The third-order valence-corrected chi connectivity index (χ3v) is 2.43. The van der Waals surface area contributed by atoms with Crippen LogP contribution in [0.15, 0.2) is 24.5 Å². The fourth-order valence-corrected chi connectivity index (χ4v) is 1.48. The summed E-state index contributed by atoms with van der Waals surface area (Å²) in [6.07, 6.45) is 3.12. The van der Waals surface area contributed by atoms with E-state index in [4.69, 9.17) is 0 Å². The van der Waals surface area contributed by atoms with Crippen LogP contribution in [0.1, 0.15) is 17.3 Å². The smallest absolute Gasteiger partial charge is 0.310 e. The number of nitrogens with zero attached hydrogens (tertiary/aromatic N) is 2. The van der Waals surface area contributed by atoms with E-state index in [2.05, 4.69) is 9.72 Å². The Morgan fingerprint density at radius 2 is 2.00 bits per heavy atom. The average molecular weight is 236 g/mol. The molecule has 5 nitrogen and oxygen atoms in total. The number of aromatic nitrogens is 1. The van der Waals surface area contributed by atoms with Crippen molar-refractivity contribution in [1.29, 1.82) is 0 Å². The fourth-order valence-electron chi connectivity index (χ4n) is 1.48. The van der Waals surface area contributed by atoms with Crippen LogP contribution in [0.2, 0.25) is 0 Å². The lowest BCUT2D eigenvalue weighted by atomic mass is 10.1. The minimum absolute atomic E-state index is 0.136. The summed E-state index contributed by atoms with van der Waals surface area (Å²) >= 11 is 0. The van der Waals surface area contributed by atoms with E-state index >= 15 is 0 Å². The van der Waals surface area contributed by atoms with Crippen molar-refractivity contribution >= 4 is 11.9 Å². The maximum Gasteiger partial charge on any atom is 0.310 e.